The van der Waals surface area contributed by atoms with Crippen molar-refractivity contribution >= 4 is 22.6 Å². The molecule has 12 heavy (non-hydrogen) atoms. The molecule has 0 aliphatic rings. The molecule has 74 valence electrons. The van der Waals surface area contributed by atoms with Crippen LogP contribution in [-0.2, 0) is 9.47 Å². The second-order valence-electron chi connectivity index (χ2n) is 3.52. The third-order valence-corrected chi connectivity index (χ3v) is 3.91. The topological polar surface area (TPSA) is 18.5 Å². The number of alkyl halides is 1. The highest BCUT2D eigenvalue weighted by Gasteiger charge is 2.33. The molecule has 0 aromatic heterocycles. The average molecular weight is 286 g/mol. The smallest absolute Gasteiger partial charge is 0.223 e. The zero-order chi connectivity index (χ0) is 9.78. The summed E-state index contributed by atoms with van der Waals surface area (Å²) in [5.74, 6) is 1.09. The largest absolute Gasteiger partial charge is 0.345 e. The van der Waals surface area contributed by atoms with Gasteiger partial charge in [-0.05, 0) is 34.9 Å². The van der Waals surface area contributed by atoms with E-state index < -0.39 is 3.79 Å². The molecule has 0 rings (SSSR count). The Hall–Kier alpha value is 0.650. The summed E-state index contributed by atoms with van der Waals surface area (Å²) in [6.45, 7) is 6.57. The minimum absolute atomic E-state index is 0.410. The molecule has 0 heterocycles. The Morgan fingerprint density at radius 1 is 1.17 bits per heavy atom. The molecule has 3 heteroatoms. The van der Waals surface area contributed by atoms with Gasteiger partial charge in [0.25, 0.3) is 0 Å². The summed E-state index contributed by atoms with van der Waals surface area (Å²) in [6.07, 6.45) is 1.12. The van der Waals surface area contributed by atoms with Crippen LogP contribution in [0.4, 0.5) is 0 Å². The van der Waals surface area contributed by atoms with Crippen LogP contribution in [0, 0.1) is 11.8 Å². The first-order chi connectivity index (χ1) is 5.46. The lowest BCUT2D eigenvalue weighted by Gasteiger charge is -2.31. The molecule has 1 atom stereocenters. The van der Waals surface area contributed by atoms with Gasteiger partial charge in [-0.25, -0.2) is 0 Å². The zero-order valence-corrected chi connectivity index (χ0v) is 10.7. The summed E-state index contributed by atoms with van der Waals surface area (Å²) in [4.78, 5) is 0. The van der Waals surface area contributed by atoms with Gasteiger partial charge in [-0.2, -0.15) is 0 Å². The molecule has 0 aromatic rings. The molecule has 0 radical (unpaired) electrons. The second-order valence-corrected chi connectivity index (χ2v) is 5.02. The summed E-state index contributed by atoms with van der Waals surface area (Å²) in [7, 11) is 3.37. The number of rotatable bonds is 5. The van der Waals surface area contributed by atoms with E-state index in [0.717, 1.165) is 6.42 Å². The first-order valence-corrected chi connectivity index (χ1v) is 5.33. The Morgan fingerprint density at radius 3 is 1.83 bits per heavy atom. The molecule has 0 aliphatic carbocycles. The minimum Gasteiger partial charge on any atom is -0.345 e. The fourth-order valence-electron chi connectivity index (χ4n) is 1.33. The van der Waals surface area contributed by atoms with Gasteiger partial charge in [-0.15, -0.1) is 0 Å². The van der Waals surface area contributed by atoms with Crippen LogP contribution in [0.2, 0.25) is 0 Å². The number of methoxy groups -OCH3 is 2. The number of halogens is 1. The Kier molecular flexibility index (Phi) is 5.69. The van der Waals surface area contributed by atoms with Gasteiger partial charge in [0, 0.05) is 20.1 Å². The predicted octanol–water partition coefficient (Wildman–Crippen LogP) is 3.05. The van der Waals surface area contributed by atoms with Crippen molar-refractivity contribution in [3.05, 3.63) is 0 Å². The second kappa shape index (κ2) is 5.40. The number of ether oxygens (including phenoxy) is 2. The normalized spacial score (nSPS) is 15.2. The molecule has 0 saturated heterocycles. The molecular weight excluding hydrogens is 267 g/mol. The minimum atomic E-state index is -0.456. The van der Waals surface area contributed by atoms with Crippen LogP contribution in [0.5, 0.6) is 0 Å². The van der Waals surface area contributed by atoms with Gasteiger partial charge < -0.3 is 9.47 Å². The Morgan fingerprint density at radius 2 is 1.58 bits per heavy atom. The van der Waals surface area contributed by atoms with Crippen molar-refractivity contribution < 1.29 is 9.47 Å². The summed E-state index contributed by atoms with van der Waals surface area (Å²) in [6, 6.07) is 0. The molecule has 2 nitrogen and oxygen atoms in total. The summed E-state index contributed by atoms with van der Waals surface area (Å²) < 4.78 is 10.2. The molecule has 0 amide bonds. The van der Waals surface area contributed by atoms with E-state index in [1.807, 2.05) is 0 Å². The lowest BCUT2D eigenvalue weighted by molar-refractivity contribution is -0.152. The summed E-state index contributed by atoms with van der Waals surface area (Å²) >= 11 is 2.22. The van der Waals surface area contributed by atoms with Crippen molar-refractivity contribution in [1.29, 1.82) is 0 Å². The van der Waals surface area contributed by atoms with Crippen LogP contribution in [0.15, 0.2) is 0 Å². The van der Waals surface area contributed by atoms with E-state index in [1.54, 1.807) is 14.2 Å². The van der Waals surface area contributed by atoms with Crippen molar-refractivity contribution in [3.8, 4) is 0 Å². The molecular formula is C9H19IO2. The standard InChI is InChI=1S/C9H19IO2/c1-7(2)6-8(3)9(10,11-4)12-5/h7-8H,6H2,1-5H3. The van der Waals surface area contributed by atoms with Crippen LogP contribution in [0.1, 0.15) is 27.2 Å². The van der Waals surface area contributed by atoms with Gasteiger partial charge in [-0.1, -0.05) is 20.8 Å². The summed E-state index contributed by atoms with van der Waals surface area (Å²) in [5, 5.41) is 0. The number of hydrogen-bond acceptors (Lipinski definition) is 2. The molecule has 0 bridgehead atoms. The molecule has 0 fully saturated rings. The van der Waals surface area contributed by atoms with E-state index in [2.05, 4.69) is 43.4 Å². The Labute approximate surface area is 89.1 Å². The van der Waals surface area contributed by atoms with E-state index in [4.69, 9.17) is 9.47 Å². The monoisotopic (exact) mass is 286 g/mol. The molecule has 0 aromatic carbocycles. The SMILES string of the molecule is COC(I)(OC)C(C)CC(C)C. The van der Waals surface area contributed by atoms with Gasteiger partial charge in [0.2, 0.25) is 3.79 Å². The lowest BCUT2D eigenvalue weighted by atomic mass is 9.98. The van der Waals surface area contributed by atoms with E-state index >= 15 is 0 Å². The maximum absolute atomic E-state index is 5.31. The van der Waals surface area contributed by atoms with Crippen molar-refractivity contribution in [2.75, 3.05) is 14.2 Å². The maximum Gasteiger partial charge on any atom is 0.223 e. The maximum atomic E-state index is 5.31. The van der Waals surface area contributed by atoms with Crippen molar-refractivity contribution in [3.63, 3.8) is 0 Å². The molecule has 1 unspecified atom stereocenters. The lowest BCUT2D eigenvalue weighted by Crippen LogP contribution is -2.34. The first kappa shape index (κ1) is 12.7. The molecule has 0 saturated carbocycles. The van der Waals surface area contributed by atoms with Crippen molar-refractivity contribution in [2.45, 2.75) is 31.0 Å². The third-order valence-electron chi connectivity index (χ3n) is 1.97. The van der Waals surface area contributed by atoms with Crippen LogP contribution in [0.3, 0.4) is 0 Å². The van der Waals surface area contributed by atoms with E-state index in [1.165, 1.54) is 0 Å². The van der Waals surface area contributed by atoms with E-state index in [9.17, 15) is 0 Å². The van der Waals surface area contributed by atoms with Gasteiger partial charge in [0.15, 0.2) is 0 Å². The van der Waals surface area contributed by atoms with Gasteiger partial charge >= 0.3 is 0 Å². The van der Waals surface area contributed by atoms with Crippen LogP contribution in [0.25, 0.3) is 0 Å². The van der Waals surface area contributed by atoms with Gasteiger partial charge in [-0.3, -0.25) is 0 Å². The molecule has 0 spiro atoms. The highest BCUT2D eigenvalue weighted by atomic mass is 127. The van der Waals surface area contributed by atoms with Gasteiger partial charge in [0.05, 0.1) is 0 Å². The zero-order valence-electron chi connectivity index (χ0n) is 8.56. The van der Waals surface area contributed by atoms with Crippen LogP contribution < -0.4 is 0 Å². The predicted molar refractivity (Wildman–Crippen MR) is 59.4 cm³/mol. The third kappa shape index (κ3) is 3.58. The average Bonchev–Trinajstić information content (AvgIpc) is 2.02. The first-order valence-electron chi connectivity index (χ1n) is 4.25. The van der Waals surface area contributed by atoms with Crippen molar-refractivity contribution in [2.24, 2.45) is 11.8 Å². The number of hydrogen-bond donors (Lipinski definition) is 0. The van der Waals surface area contributed by atoms with E-state index in [-0.39, 0.29) is 0 Å². The highest BCUT2D eigenvalue weighted by Crippen LogP contribution is 2.33. The fourth-order valence-corrected chi connectivity index (χ4v) is 1.59. The molecule has 0 N–H and O–H groups in total. The Bertz CT molecular complexity index is 122. The fraction of sp³-hybridized carbons (Fsp3) is 1.00. The highest BCUT2D eigenvalue weighted by molar-refractivity contribution is 14.1. The quantitative estimate of drug-likeness (QED) is 0.439. The van der Waals surface area contributed by atoms with E-state index in [0.29, 0.717) is 11.8 Å². The summed E-state index contributed by atoms with van der Waals surface area (Å²) in [5.41, 5.74) is 0. The molecule has 0 aliphatic heterocycles. The van der Waals surface area contributed by atoms with Crippen LogP contribution >= 0.6 is 22.6 Å². The van der Waals surface area contributed by atoms with Gasteiger partial charge in [0.1, 0.15) is 0 Å². The van der Waals surface area contributed by atoms with Crippen molar-refractivity contribution in [1.82, 2.24) is 0 Å². The van der Waals surface area contributed by atoms with Crippen LogP contribution in [-0.4, -0.2) is 18.0 Å². The Balaban J connectivity index is 4.11.